The molecule has 17 heavy (non-hydrogen) atoms. The van der Waals surface area contributed by atoms with Crippen LogP contribution in [0, 0.1) is 6.92 Å². The van der Waals surface area contributed by atoms with Crippen molar-refractivity contribution in [3.63, 3.8) is 0 Å². The van der Waals surface area contributed by atoms with Crippen molar-refractivity contribution >= 4 is 0 Å². The van der Waals surface area contributed by atoms with E-state index in [1.54, 1.807) is 0 Å². The zero-order valence-corrected chi connectivity index (χ0v) is 10.0. The number of aromatic amines is 1. The number of aliphatic hydroxyl groups excluding tert-OH is 1. The summed E-state index contributed by atoms with van der Waals surface area (Å²) in [6.07, 6.45) is 2.36. The molecule has 0 amide bonds. The van der Waals surface area contributed by atoms with Gasteiger partial charge in [-0.05, 0) is 19.8 Å². The predicted molar refractivity (Wildman–Crippen MR) is 63.2 cm³/mol. The van der Waals surface area contributed by atoms with Crippen LogP contribution in [0.3, 0.4) is 0 Å². The first-order chi connectivity index (χ1) is 8.22. The van der Waals surface area contributed by atoms with Gasteiger partial charge in [0.05, 0.1) is 6.61 Å². The molecule has 0 spiro atoms. The van der Waals surface area contributed by atoms with Crippen LogP contribution in [0.15, 0.2) is 4.79 Å². The number of hydrogen-bond donors (Lipinski definition) is 2. The van der Waals surface area contributed by atoms with E-state index < -0.39 is 0 Å². The molecular weight excluding hydrogens is 220 g/mol. The Morgan fingerprint density at radius 1 is 1.59 bits per heavy atom. The van der Waals surface area contributed by atoms with Gasteiger partial charge in [-0.15, -0.1) is 0 Å². The summed E-state index contributed by atoms with van der Waals surface area (Å²) in [6.45, 7) is 3.20. The van der Waals surface area contributed by atoms with Crippen molar-refractivity contribution in [2.24, 2.45) is 0 Å². The molecule has 2 rings (SSSR count). The Hall–Kier alpha value is -1.20. The van der Waals surface area contributed by atoms with Crippen LogP contribution in [0.1, 0.15) is 35.8 Å². The van der Waals surface area contributed by atoms with Crippen LogP contribution in [0.5, 0.6) is 0 Å². The smallest absolute Gasteiger partial charge is 0.254 e. The molecule has 0 aliphatic carbocycles. The first-order valence-corrected chi connectivity index (χ1v) is 6.00. The second-order valence-electron chi connectivity index (χ2n) is 4.40. The molecule has 0 saturated carbocycles. The second kappa shape index (κ2) is 5.42. The van der Waals surface area contributed by atoms with Crippen molar-refractivity contribution in [1.29, 1.82) is 0 Å². The second-order valence-corrected chi connectivity index (χ2v) is 4.40. The maximum atomic E-state index is 11.8. The molecule has 0 bridgehead atoms. The monoisotopic (exact) mass is 238 g/mol. The third-order valence-corrected chi connectivity index (χ3v) is 3.15. The quantitative estimate of drug-likeness (QED) is 0.804. The third kappa shape index (κ3) is 2.73. The predicted octanol–water partition coefficient (Wildman–Crippen LogP) is 0.507. The highest BCUT2D eigenvalue weighted by Crippen LogP contribution is 2.22. The average Bonchev–Trinajstić information content (AvgIpc) is 2.35. The summed E-state index contributed by atoms with van der Waals surface area (Å²) in [5, 5.41) is 8.89. The summed E-state index contributed by atoms with van der Waals surface area (Å²) < 4.78 is 5.39. The van der Waals surface area contributed by atoms with E-state index in [4.69, 9.17) is 9.84 Å². The lowest BCUT2D eigenvalue weighted by molar-refractivity contribution is 0.0779. The molecule has 94 valence electrons. The molecule has 0 radical (unpaired) electrons. The number of aromatic nitrogens is 2. The number of aryl methyl sites for hydroxylation is 1. The lowest BCUT2D eigenvalue weighted by Gasteiger charge is -2.21. The Bertz CT molecular complexity index is 436. The summed E-state index contributed by atoms with van der Waals surface area (Å²) >= 11 is 0. The largest absolute Gasteiger partial charge is 0.396 e. The number of nitrogens with one attached hydrogen (secondary N) is 1. The first-order valence-electron chi connectivity index (χ1n) is 6.00. The summed E-state index contributed by atoms with van der Waals surface area (Å²) in [5.74, 6) is 0.909. The Morgan fingerprint density at radius 3 is 3.00 bits per heavy atom. The van der Waals surface area contributed by atoms with Crippen molar-refractivity contribution in [2.45, 2.75) is 32.1 Å². The minimum Gasteiger partial charge on any atom is -0.396 e. The highest BCUT2D eigenvalue weighted by molar-refractivity contribution is 5.18. The van der Waals surface area contributed by atoms with Crippen molar-refractivity contribution in [3.8, 4) is 0 Å². The van der Waals surface area contributed by atoms with Crippen molar-refractivity contribution in [3.05, 3.63) is 27.4 Å². The summed E-state index contributed by atoms with van der Waals surface area (Å²) in [4.78, 5) is 19.1. The first kappa shape index (κ1) is 12.3. The van der Waals surface area contributed by atoms with Crippen LogP contribution >= 0.6 is 0 Å². The third-order valence-electron chi connectivity index (χ3n) is 3.15. The van der Waals surface area contributed by atoms with Gasteiger partial charge in [0.2, 0.25) is 0 Å². The zero-order chi connectivity index (χ0) is 12.3. The molecule has 5 heteroatoms. The summed E-state index contributed by atoms with van der Waals surface area (Å²) in [5.41, 5.74) is 1.16. The number of rotatable bonds is 3. The molecule has 1 aromatic heterocycles. The van der Waals surface area contributed by atoms with Crippen LogP contribution in [-0.4, -0.2) is 34.9 Å². The molecule has 2 heterocycles. The van der Waals surface area contributed by atoms with E-state index >= 15 is 0 Å². The standard InChI is InChI=1S/C12H18N2O3/c1-8-10(4-5-15)12(16)14-11(13-8)9-3-2-6-17-7-9/h9,15H,2-7H2,1H3,(H,13,14,16). The van der Waals surface area contributed by atoms with E-state index in [0.717, 1.165) is 19.4 Å². The molecule has 1 atom stereocenters. The van der Waals surface area contributed by atoms with Crippen LogP contribution in [0.2, 0.25) is 0 Å². The SMILES string of the molecule is Cc1nc(C2CCCOC2)[nH]c(=O)c1CCO. The van der Waals surface area contributed by atoms with E-state index in [9.17, 15) is 4.79 Å². The number of aliphatic hydroxyl groups is 1. The summed E-state index contributed by atoms with van der Waals surface area (Å²) in [6, 6.07) is 0. The molecule has 5 nitrogen and oxygen atoms in total. The van der Waals surface area contributed by atoms with Gasteiger partial charge in [0, 0.05) is 36.8 Å². The van der Waals surface area contributed by atoms with Gasteiger partial charge >= 0.3 is 0 Å². The van der Waals surface area contributed by atoms with E-state index in [2.05, 4.69) is 9.97 Å². The van der Waals surface area contributed by atoms with Crippen molar-refractivity contribution < 1.29 is 9.84 Å². The van der Waals surface area contributed by atoms with Gasteiger partial charge in [-0.25, -0.2) is 4.98 Å². The minimum atomic E-state index is -0.132. The maximum Gasteiger partial charge on any atom is 0.254 e. The fourth-order valence-corrected chi connectivity index (χ4v) is 2.19. The summed E-state index contributed by atoms with van der Waals surface area (Å²) in [7, 11) is 0. The molecule has 1 unspecified atom stereocenters. The van der Waals surface area contributed by atoms with E-state index in [1.165, 1.54) is 0 Å². The lowest BCUT2D eigenvalue weighted by Crippen LogP contribution is -2.25. The molecule has 1 aromatic rings. The van der Waals surface area contributed by atoms with Crippen LogP contribution in [0.4, 0.5) is 0 Å². The van der Waals surface area contributed by atoms with Gasteiger partial charge in [-0.1, -0.05) is 0 Å². The minimum absolute atomic E-state index is 0.0303. The lowest BCUT2D eigenvalue weighted by atomic mass is 10.0. The number of hydrogen-bond acceptors (Lipinski definition) is 4. The van der Waals surface area contributed by atoms with Gasteiger partial charge in [0.1, 0.15) is 5.82 Å². The van der Waals surface area contributed by atoms with Gasteiger partial charge in [0.25, 0.3) is 5.56 Å². The molecule has 0 aromatic carbocycles. The zero-order valence-electron chi connectivity index (χ0n) is 10.0. The maximum absolute atomic E-state index is 11.8. The number of H-pyrrole nitrogens is 1. The fraction of sp³-hybridized carbons (Fsp3) is 0.667. The van der Waals surface area contributed by atoms with Gasteiger partial charge in [0.15, 0.2) is 0 Å². The molecule has 1 aliphatic rings. The van der Waals surface area contributed by atoms with Gasteiger partial charge in [-0.3, -0.25) is 4.79 Å². The van der Waals surface area contributed by atoms with Crippen LogP contribution < -0.4 is 5.56 Å². The van der Waals surface area contributed by atoms with Crippen molar-refractivity contribution in [1.82, 2.24) is 9.97 Å². The fourth-order valence-electron chi connectivity index (χ4n) is 2.19. The van der Waals surface area contributed by atoms with E-state index in [-0.39, 0.29) is 18.1 Å². The van der Waals surface area contributed by atoms with Crippen molar-refractivity contribution in [2.75, 3.05) is 19.8 Å². The Morgan fingerprint density at radius 2 is 2.41 bits per heavy atom. The highest BCUT2D eigenvalue weighted by atomic mass is 16.5. The van der Waals surface area contributed by atoms with E-state index in [0.29, 0.717) is 30.1 Å². The Balaban J connectivity index is 2.27. The molecule has 1 fully saturated rings. The molecule has 1 saturated heterocycles. The molecular formula is C12H18N2O3. The topological polar surface area (TPSA) is 75.2 Å². The van der Waals surface area contributed by atoms with Gasteiger partial charge in [-0.2, -0.15) is 0 Å². The van der Waals surface area contributed by atoms with E-state index in [1.807, 2.05) is 6.92 Å². The average molecular weight is 238 g/mol. The Labute approximate surface area is 99.9 Å². The number of ether oxygens (including phenoxy) is 1. The van der Waals surface area contributed by atoms with Crippen LogP contribution in [-0.2, 0) is 11.2 Å². The van der Waals surface area contributed by atoms with Gasteiger partial charge < -0.3 is 14.8 Å². The Kier molecular flexibility index (Phi) is 3.91. The molecule has 2 N–H and O–H groups in total. The van der Waals surface area contributed by atoms with Crippen LogP contribution in [0.25, 0.3) is 0 Å². The molecule has 1 aliphatic heterocycles. The highest BCUT2D eigenvalue weighted by Gasteiger charge is 2.19. The normalized spacial score (nSPS) is 20.5. The number of nitrogens with zero attached hydrogens (tertiary/aromatic N) is 1.